The molecule has 1 unspecified atom stereocenters. The summed E-state index contributed by atoms with van der Waals surface area (Å²) in [5, 5.41) is 3.40. The van der Waals surface area contributed by atoms with Crippen molar-refractivity contribution in [2.75, 3.05) is 11.1 Å². The maximum absolute atomic E-state index is 13.9. The molecule has 1 aromatic carbocycles. The maximum Gasteiger partial charge on any atom is 0.228 e. The van der Waals surface area contributed by atoms with Gasteiger partial charge < -0.3 is 11.1 Å². The van der Waals surface area contributed by atoms with Gasteiger partial charge >= 0.3 is 0 Å². The van der Waals surface area contributed by atoms with E-state index in [9.17, 15) is 4.39 Å². The third-order valence-corrected chi connectivity index (χ3v) is 4.93. The van der Waals surface area contributed by atoms with Crippen LogP contribution in [0.3, 0.4) is 0 Å². The average Bonchev–Trinajstić information content (AvgIpc) is 2.58. The van der Waals surface area contributed by atoms with Crippen LogP contribution in [0.5, 0.6) is 0 Å². The Morgan fingerprint density at radius 3 is 2.60 bits per heavy atom. The van der Waals surface area contributed by atoms with Crippen molar-refractivity contribution in [1.29, 1.82) is 0 Å². The lowest BCUT2D eigenvalue weighted by Crippen LogP contribution is -2.35. The van der Waals surface area contributed by atoms with Gasteiger partial charge in [-0.25, -0.2) is 4.39 Å². The van der Waals surface area contributed by atoms with E-state index in [-0.39, 0.29) is 17.8 Å². The molecule has 134 valence electrons. The minimum absolute atomic E-state index is 0.0685. The Hall–Kier alpha value is -2.24. The van der Waals surface area contributed by atoms with Crippen LogP contribution in [-0.4, -0.2) is 21.0 Å². The first-order valence-electron chi connectivity index (χ1n) is 9.11. The molecular formula is C19H26FN5. The summed E-state index contributed by atoms with van der Waals surface area (Å²) in [6, 6.07) is 10.7. The average molecular weight is 343 g/mol. The zero-order chi connectivity index (χ0) is 17.6. The predicted molar refractivity (Wildman–Crippen MR) is 97.9 cm³/mol. The lowest BCUT2D eigenvalue weighted by Gasteiger charge is -2.34. The van der Waals surface area contributed by atoms with Gasteiger partial charge in [0, 0.05) is 6.04 Å². The highest BCUT2D eigenvalue weighted by atomic mass is 19.1. The first-order chi connectivity index (χ1) is 12.2. The number of hydrogen-bond donors (Lipinski definition) is 2. The number of nitrogens with two attached hydrogens (primary N) is 1. The first-order valence-corrected chi connectivity index (χ1v) is 9.11. The van der Waals surface area contributed by atoms with Crippen LogP contribution < -0.4 is 11.1 Å². The zero-order valence-corrected chi connectivity index (χ0v) is 14.7. The third-order valence-electron chi connectivity index (χ3n) is 4.93. The monoisotopic (exact) mass is 343 g/mol. The van der Waals surface area contributed by atoms with E-state index < -0.39 is 6.17 Å². The van der Waals surface area contributed by atoms with Crippen LogP contribution in [0.1, 0.15) is 56.6 Å². The number of nitrogens with zero attached hydrogens (tertiary/aromatic N) is 3. The number of hydrogen-bond acceptors (Lipinski definition) is 5. The quantitative estimate of drug-likeness (QED) is 0.755. The number of nitrogens with one attached hydrogen (secondary N) is 1. The second-order valence-electron chi connectivity index (χ2n) is 6.72. The van der Waals surface area contributed by atoms with Gasteiger partial charge in [-0.2, -0.15) is 15.0 Å². The van der Waals surface area contributed by atoms with Gasteiger partial charge in [-0.05, 0) is 43.6 Å². The van der Waals surface area contributed by atoms with Crippen LogP contribution >= 0.6 is 0 Å². The molecule has 0 spiro atoms. The summed E-state index contributed by atoms with van der Waals surface area (Å²) in [5.74, 6) is 1.19. The summed E-state index contributed by atoms with van der Waals surface area (Å²) in [4.78, 5) is 12.3. The number of alkyl halides is 1. The predicted octanol–water partition coefficient (Wildman–Crippen LogP) is 4.09. The van der Waals surface area contributed by atoms with Crippen molar-refractivity contribution >= 4 is 11.9 Å². The molecule has 25 heavy (non-hydrogen) atoms. The molecule has 1 saturated carbocycles. The van der Waals surface area contributed by atoms with Gasteiger partial charge in [0.2, 0.25) is 11.9 Å². The molecule has 1 heterocycles. The Morgan fingerprint density at radius 2 is 1.96 bits per heavy atom. The highest BCUT2D eigenvalue weighted by Gasteiger charge is 2.28. The van der Waals surface area contributed by atoms with Gasteiger partial charge in [0.15, 0.2) is 12.0 Å². The Morgan fingerprint density at radius 1 is 1.20 bits per heavy atom. The molecule has 0 amide bonds. The fourth-order valence-electron chi connectivity index (χ4n) is 3.20. The SMILES string of the molecule is CCC(F)c1nc(N)nc(N[C@@H](CCc2ccccc2)C2CCC2)n1. The van der Waals surface area contributed by atoms with Gasteiger partial charge in [-0.1, -0.05) is 43.7 Å². The van der Waals surface area contributed by atoms with Crippen LogP contribution in [0, 0.1) is 5.92 Å². The van der Waals surface area contributed by atoms with Gasteiger partial charge in [0.1, 0.15) is 0 Å². The third kappa shape index (κ3) is 4.65. The van der Waals surface area contributed by atoms with Gasteiger partial charge in [0.25, 0.3) is 0 Å². The number of aryl methyl sites for hydroxylation is 1. The summed E-state index contributed by atoms with van der Waals surface area (Å²) in [6.07, 6.45) is 4.77. The number of benzene rings is 1. The molecule has 0 saturated heterocycles. The normalized spacial score (nSPS) is 16.9. The Balaban J connectivity index is 1.70. The number of aromatic nitrogens is 3. The van der Waals surface area contributed by atoms with Gasteiger partial charge in [-0.15, -0.1) is 0 Å². The molecule has 1 aromatic heterocycles. The number of nitrogen functional groups attached to an aromatic ring is 1. The molecule has 1 aliphatic rings. The summed E-state index contributed by atoms with van der Waals surface area (Å²) in [5.41, 5.74) is 7.07. The summed E-state index contributed by atoms with van der Waals surface area (Å²) in [7, 11) is 0. The van der Waals surface area contributed by atoms with Crippen molar-refractivity contribution in [2.24, 2.45) is 5.92 Å². The molecule has 0 aliphatic heterocycles. The molecule has 3 rings (SSSR count). The van der Waals surface area contributed by atoms with Crippen molar-refractivity contribution in [2.45, 2.75) is 57.7 Å². The Bertz CT molecular complexity index is 675. The number of halogens is 1. The number of rotatable bonds is 8. The van der Waals surface area contributed by atoms with Gasteiger partial charge in [0.05, 0.1) is 0 Å². The minimum Gasteiger partial charge on any atom is -0.368 e. The standard InChI is InChI=1S/C19H26FN5/c1-2-15(20)17-23-18(21)25-19(24-17)22-16(14-9-6-10-14)12-11-13-7-4-3-5-8-13/h3-5,7-8,14-16H,2,6,9-12H2,1H3,(H3,21,22,23,24,25)/t15?,16-/m0/s1. The fraction of sp³-hybridized carbons (Fsp3) is 0.526. The molecule has 5 nitrogen and oxygen atoms in total. The van der Waals surface area contributed by atoms with E-state index in [2.05, 4.69) is 44.5 Å². The molecule has 2 aromatic rings. The van der Waals surface area contributed by atoms with Crippen LogP contribution in [0.25, 0.3) is 0 Å². The molecule has 2 atom stereocenters. The van der Waals surface area contributed by atoms with E-state index in [1.54, 1.807) is 6.92 Å². The Labute approximate surface area is 148 Å². The van der Waals surface area contributed by atoms with Crippen LogP contribution in [-0.2, 0) is 6.42 Å². The van der Waals surface area contributed by atoms with Crippen molar-refractivity contribution in [3.8, 4) is 0 Å². The molecule has 3 N–H and O–H groups in total. The lowest BCUT2D eigenvalue weighted by atomic mass is 9.78. The molecular weight excluding hydrogens is 317 g/mol. The van der Waals surface area contributed by atoms with Crippen LogP contribution in [0.4, 0.5) is 16.3 Å². The minimum atomic E-state index is -1.21. The molecule has 1 aliphatic carbocycles. The van der Waals surface area contributed by atoms with E-state index in [1.807, 2.05) is 6.07 Å². The summed E-state index contributed by atoms with van der Waals surface area (Å²) >= 11 is 0. The van der Waals surface area contributed by atoms with Crippen molar-refractivity contribution < 1.29 is 4.39 Å². The van der Waals surface area contributed by atoms with Crippen molar-refractivity contribution in [3.63, 3.8) is 0 Å². The van der Waals surface area contributed by atoms with Crippen LogP contribution in [0.15, 0.2) is 30.3 Å². The van der Waals surface area contributed by atoms with Crippen molar-refractivity contribution in [1.82, 2.24) is 15.0 Å². The fourth-order valence-corrected chi connectivity index (χ4v) is 3.20. The first kappa shape index (κ1) is 17.6. The van der Waals surface area contributed by atoms with E-state index in [0.717, 1.165) is 12.8 Å². The molecule has 6 heteroatoms. The largest absolute Gasteiger partial charge is 0.368 e. The van der Waals surface area contributed by atoms with E-state index >= 15 is 0 Å². The highest BCUT2D eigenvalue weighted by Crippen LogP contribution is 2.33. The van der Waals surface area contributed by atoms with E-state index in [0.29, 0.717) is 18.3 Å². The van der Waals surface area contributed by atoms with Crippen LogP contribution in [0.2, 0.25) is 0 Å². The summed E-state index contributed by atoms with van der Waals surface area (Å²) in [6.45, 7) is 1.76. The summed E-state index contributed by atoms with van der Waals surface area (Å²) < 4.78 is 13.9. The van der Waals surface area contributed by atoms with Gasteiger partial charge in [-0.3, -0.25) is 0 Å². The highest BCUT2D eigenvalue weighted by molar-refractivity contribution is 5.33. The smallest absolute Gasteiger partial charge is 0.228 e. The van der Waals surface area contributed by atoms with Crippen molar-refractivity contribution in [3.05, 3.63) is 41.7 Å². The van der Waals surface area contributed by atoms with E-state index in [4.69, 9.17) is 5.73 Å². The second kappa shape index (κ2) is 8.23. The molecule has 0 radical (unpaired) electrons. The molecule has 1 fully saturated rings. The maximum atomic E-state index is 13.9. The Kier molecular flexibility index (Phi) is 5.79. The molecule has 0 bridgehead atoms. The zero-order valence-electron chi connectivity index (χ0n) is 14.7. The second-order valence-corrected chi connectivity index (χ2v) is 6.72. The topological polar surface area (TPSA) is 76.7 Å². The van der Waals surface area contributed by atoms with E-state index in [1.165, 1.54) is 24.8 Å². The number of anilines is 2. The lowest BCUT2D eigenvalue weighted by molar-refractivity contribution is 0.265.